The number of hydrogen-bond acceptors (Lipinski definition) is 3. The smallest absolute Gasteiger partial charge is 0.231 e. The molecule has 114 valence electrons. The first-order chi connectivity index (χ1) is 10.2. The molecule has 1 amide bonds. The van der Waals surface area contributed by atoms with Crippen molar-refractivity contribution < 1.29 is 14.3 Å². The summed E-state index contributed by atoms with van der Waals surface area (Å²) < 4.78 is 10.7. The molecule has 1 aliphatic heterocycles. The van der Waals surface area contributed by atoms with Crippen molar-refractivity contribution in [2.24, 2.45) is 5.92 Å². The van der Waals surface area contributed by atoms with E-state index in [0.29, 0.717) is 6.04 Å². The second-order valence-corrected chi connectivity index (χ2v) is 6.14. The fourth-order valence-electron chi connectivity index (χ4n) is 3.10. The van der Waals surface area contributed by atoms with Gasteiger partial charge in [0.05, 0.1) is 0 Å². The average molecular weight is 289 g/mol. The van der Waals surface area contributed by atoms with Gasteiger partial charge in [-0.3, -0.25) is 4.79 Å². The highest BCUT2D eigenvalue weighted by Crippen LogP contribution is 2.33. The Morgan fingerprint density at radius 2 is 2.00 bits per heavy atom. The summed E-state index contributed by atoms with van der Waals surface area (Å²) in [4.78, 5) is 12.3. The van der Waals surface area contributed by atoms with Crippen LogP contribution in [0.4, 0.5) is 0 Å². The van der Waals surface area contributed by atoms with Crippen LogP contribution in [0, 0.1) is 5.92 Å². The fraction of sp³-hybridized carbons (Fsp3) is 0.588. The van der Waals surface area contributed by atoms with Crippen LogP contribution < -0.4 is 14.8 Å². The lowest BCUT2D eigenvalue weighted by Gasteiger charge is -2.24. The van der Waals surface area contributed by atoms with Gasteiger partial charge in [-0.15, -0.1) is 0 Å². The maximum absolute atomic E-state index is 12.3. The van der Waals surface area contributed by atoms with Gasteiger partial charge in [0.2, 0.25) is 12.7 Å². The SMILES string of the molecule is C[C@@H](Cc1ccc2c(c1)OCO2)C(=O)NC1CCCCC1. The highest BCUT2D eigenvalue weighted by Gasteiger charge is 2.21. The molecule has 0 radical (unpaired) electrons. The van der Waals surface area contributed by atoms with E-state index in [1.165, 1.54) is 19.3 Å². The largest absolute Gasteiger partial charge is 0.454 e. The van der Waals surface area contributed by atoms with E-state index in [2.05, 4.69) is 5.32 Å². The summed E-state index contributed by atoms with van der Waals surface area (Å²) >= 11 is 0. The predicted molar refractivity (Wildman–Crippen MR) is 80.4 cm³/mol. The van der Waals surface area contributed by atoms with Crippen molar-refractivity contribution in [2.75, 3.05) is 6.79 Å². The van der Waals surface area contributed by atoms with Gasteiger partial charge in [0, 0.05) is 12.0 Å². The van der Waals surface area contributed by atoms with Crippen LogP contribution in [0.3, 0.4) is 0 Å². The first kappa shape index (κ1) is 14.2. The van der Waals surface area contributed by atoms with E-state index in [0.717, 1.165) is 36.3 Å². The quantitative estimate of drug-likeness (QED) is 0.926. The molecule has 0 saturated heterocycles. The van der Waals surface area contributed by atoms with Gasteiger partial charge in [-0.05, 0) is 37.0 Å². The van der Waals surface area contributed by atoms with Crippen molar-refractivity contribution in [3.8, 4) is 11.5 Å². The normalized spacial score (nSPS) is 19.3. The summed E-state index contributed by atoms with van der Waals surface area (Å²) in [7, 11) is 0. The number of nitrogens with one attached hydrogen (secondary N) is 1. The molecule has 1 N–H and O–H groups in total. The zero-order valence-electron chi connectivity index (χ0n) is 12.6. The Morgan fingerprint density at radius 3 is 2.81 bits per heavy atom. The van der Waals surface area contributed by atoms with Gasteiger partial charge in [0.15, 0.2) is 11.5 Å². The highest BCUT2D eigenvalue weighted by molar-refractivity contribution is 5.79. The lowest BCUT2D eigenvalue weighted by atomic mass is 9.94. The van der Waals surface area contributed by atoms with Gasteiger partial charge < -0.3 is 14.8 Å². The third kappa shape index (κ3) is 3.49. The summed E-state index contributed by atoms with van der Waals surface area (Å²) in [5, 5.41) is 3.20. The van der Waals surface area contributed by atoms with Gasteiger partial charge in [-0.25, -0.2) is 0 Å². The fourth-order valence-corrected chi connectivity index (χ4v) is 3.10. The summed E-state index contributed by atoms with van der Waals surface area (Å²) in [6.45, 7) is 2.28. The number of ether oxygens (including phenoxy) is 2. The molecule has 1 aromatic rings. The summed E-state index contributed by atoms with van der Waals surface area (Å²) in [6, 6.07) is 6.29. The van der Waals surface area contributed by atoms with Crippen molar-refractivity contribution in [2.45, 2.75) is 51.5 Å². The minimum atomic E-state index is -0.0210. The highest BCUT2D eigenvalue weighted by atomic mass is 16.7. The molecule has 1 atom stereocenters. The van der Waals surface area contributed by atoms with E-state index >= 15 is 0 Å². The topological polar surface area (TPSA) is 47.6 Å². The Morgan fingerprint density at radius 1 is 1.24 bits per heavy atom. The summed E-state index contributed by atoms with van der Waals surface area (Å²) in [5.41, 5.74) is 1.12. The molecule has 1 aromatic carbocycles. The van der Waals surface area contributed by atoms with Crippen LogP contribution in [0.2, 0.25) is 0 Å². The monoisotopic (exact) mass is 289 g/mol. The molecule has 0 aromatic heterocycles. The number of fused-ring (bicyclic) bond motifs is 1. The first-order valence-corrected chi connectivity index (χ1v) is 7.91. The van der Waals surface area contributed by atoms with Crippen LogP contribution in [0.1, 0.15) is 44.6 Å². The third-order valence-corrected chi connectivity index (χ3v) is 4.38. The zero-order valence-corrected chi connectivity index (χ0v) is 12.6. The third-order valence-electron chi connectivity index (χ3n) is 4.38. The van der Waals surface area contributed by atoms with Crippen molar-refractivity contribution in [3.63, 3.8) is 0 Å². The maximum Gasteiger partial charge on any atom is 0.231 e. The Hall–Kier alpha value is -1.71. The van der Waals surface area contributed by atoms with E-state index in [1.54, 1.807) is 0 Å². The zero-order chi connectivity index (χ0) is 14.7. The van der Waals surface area contributed by atoms with Crippen LogP contribution in [0.25, 0.3) is 0 Å². The van der Waals surface area contributed by atoms with E-state index < -0.39 is 0 Å². The second kappa shape index (κ2) is 6.37. The molecule has 0 bridgehead atoms. The molecule has 0 spiro atoms. The van der Waals surface area contributed by atoms with Crippen molar-refractivity contribution >= 4 is 5.91 Å². The lowest BCUT2D eigenvalue weighted by Crippen LogP contribution is -2.39. The Kier molecular flexibility index (Phi) is 4.32. The maximum atomic E-state index is 12.3. The number of carbonyl (C=O) groups is 1. The number of hydrogen-bond donors (Lipinski definition) is 1. The van der Waals surface area contributed by atoms with E-state index in [9.17, 15) is 4.79 Å². The first-order valence-electron chi connectivity index (χ1n) is 7.91. The molecule has 3 rings (SSSR count). The Bertz CT molecular complexity index is 509. The molecular formula is C17H23NO3. The minimum Gasteiger partial charge on any atom is -0.454 e. The number of benzene rings is 1. The Labute approximate surface area is 125 Å². The molecule has 1 heterocycles. The van der Waals surface area contributed by atoms with Crippen LogP contribution >= 0.6 is 0 Å². The second-order valence-electron chi connectivity index (χ2n) is 6.14. The molecule has 1 fully saturated rings. The number of rotatable bonds is 4. The summed E-state index contributed by atoms with van der Waals surface area (Å²) in [6.07, 6.45) is 6.77. The lowest BCUT2D eigenvalue weighted by molar-refractivity contribution is -0.125. The molecule has 4 nitrogen and oxygen atoms in total. The van der Waals surface area contributed by atoms with Gasteiger partial charge in [0.25, 0.3) is 0 Å². The summed E-state index contributed by atoms with van der Waals surface area (Å²) in [5.74, 6) is 1.72. The van der Waals surface area contributed by atoms with E-state index in [-0.39, 0.29) is 18.6 Å². The molecule has 1 aliphatic carbocycles. The molecule has 4 heteroatoms. The number of amides is 1. The molecule has 1 saturated carbocycles. The predicted octanol–water partition coefficient (Wildman–Crippen LogP) is 3.04. The molecule has 21 heavy (non-hydrogen) atoms. The Balaban J connectivity index is 1.55. The molecular weight excluding hydrogens is 266 g/mol. The van der Waals surface area contributed by atoms with Crippen LogP contribution in [-0.4, -0.2) is 18.7 Å². The standard InChI is InChI=1S/C17H23NO3/c1-12(17(19)18-14-5-3-2-4-6-14)9-13-7-8-15-16(10-13)21-11-20-15/h7-8,10,12,14H,2-6,9,11H2,1H3,(H,18,19)/t12-/m0/s1. The minimum absolute atomic E-state index is 0.0210. The number of carbonyl (C=O) groups excluding carboxylic acids is 1. The van der Waals surface area contributed by atoms with Crippen LogP contribution in [0.5, 0.6) is 11.5 Å². The van der Waals surface area contributed by atoms with Crippen molar-refractivity contribution in [3.05, 3.63) is 23.8 Å². The van der Waals surface area contributed by atoms with Gasteiger partial charge in [-0.1, -0.05) is 32.3 Å². The van der Waals surface area contributed by atoms with E-state index in [4.69, 9.17) is 9.47 Å². The molecule has 2 aliphatic rings. The van der Waals surface area contributed by atoms with Gasteiger partial charge in [0.1, 0.15) is 0 Å². The van der Waals surface area contributed by atoms with Crippen molar-refractivity contribution in [1.82, 2.24) is 5.32 Å². The van der Waals surface area contributed by atoms with Gasteiger partial charge in [-0.2, -0.15) is 0 Å². The van der Waals surface area contributed by atoms with Crippen LogP contribution in [0.15, 0.2) is 18.2 Å². The molecule has 0 unspecified atom stereocenters. The average Bonchev–Trinajstić information content (AvgIpc) is 2.95. The van der Waals surface area contributed by atoms with Gasteiger partial charge >= 0.3 is 0 Å². The van der Waals surface area contributed by atoms with Crippen LogP contribution in [-0.2, 0) is 11.2 Å². The van der Waals surface area contributed by atoms with Crippen molar-refractivity contribution in [1.29, 1.82) is 0 Å². The van der Waals surface area contributed by atoms with E-state index in [1.807, 2.05) is 25.1 Å².